The fraction of sp³-hybridized carbons (Fsp3) is 0.407. The number of hydrogen-bond donors (Lipinski definition) is 7. The summed E-state index contributed by atoms with van der Waals surface area (Å²) in [5, 5.41) is 36.1. The standard InChI is InChI=1S/C27H36N4O7/c1-3-16(2)23(31-24(34)20(28)15-32)26(36)29-21(13-17-7-5-4-6-8-17)25(35)30-22(27(37)38)14-18-9-11-19(33)12-10-18/h4-12,16,20-23,32-33H,3,13-15,28H2,1-2H3,(H,29,36)(H,30,35)(H,31,34)(H,37,38). The highest BCUT2D eigenvalue weighted by atomic mass is 16.4. The van der Waals surface area contributed by atoms with Gasteiger partial charge in [-0.05, 0) is 29.2 Å². The Morgan fingerprint density at radius 2 is 1.37 bits per heavy atom. The molecule has 0 bridgehead atoms. The Labute approximate surface area is 221 Å². The zero-order valence-electron chi connectivity index (χ0n) is 21.5. The van der Waals surface area contributed by atoms with Crippen molar-refractivity contribution in [2.45, 2.75) is 57.3 Å². The average Bonchev–Trinajstić information content (AvgIpc) is 2.91. The Kier molecular flexibility index (Phi) is 11.7. The summed E-state index contributed by atoms with van der Waals surface area (Å²) in [6, 6.07) is 10.1. The quantitative estimate of drug-likeness (QED) is 0.179. The molecule has 0 radical (unpaired) electrons. The molecule has 0 spiro atoms. The summed E-state index contributed by atoms with van der Waals surface area (Å²) >= 11 is 0. The van der Waals surface area contributed by atoms with Crippen molar-refractivity contribution in [1.82, 2.24) is 16.0 Å². The number of carboxylic acids is 1. The van der Waals surface area contributed by atoms with E-state index in [1.54, 1.807) is 49.4 Å². The predicted octanol–water partition coefficient (Wildman–Crippen LogP) is 0.0821. The Morgan fingerprint density at radius 1 is 0.816 bits per heavy atom. The van der Waals surface area contributed by atoms with Gasteiger partial charge in [-0.25, -0.2) is 4.79 Å². The molecule has 11 nitrogen and oxygen atoms in total. The third kappa shape index (κ3) is 9.16. The Hall–Kier alpha value is -3.96. The molecule has 0 aromatic heterocycles. The van der Waals surface area contributed by atoms with Crippen LogP contribution in [-0.2, 0) is 32.0 Å². The maximum Gasteiger partial charge on any atom is 0.326 e. The van der Waals surface area contributed by atoms with E-state index in [1.807, 2.05) is 6.92 Å². The fourth-order valence-corrected chi connectivity index (χ4v) is 3.71. The predicted molar refractivity (Wildman–Crippen MR) is 140 cm³/mol. The number of phenolic OH excluding ortho intramolecular Hbond substituents is 1. The van der Waals surface area contributed by atoms with Gasteiger partial charge in [-0.3, -0.25) is 14.4 Å². The first-order valence-corrected chi connectivity index (χ1v) is 12.4. The number of aromatic hydroxyl groups is 1. The van der Waals surface area contributed by atoms with Gasteiger partial charge in [0.2, 0.25) is 17.7 Å². The molecular formula is C27H36N4O7. The number of hydrogen-bond acceptors (Lipinski definition) is 7. The smallest absolute Gasteiger partial charge is 0.326 e. The summed E-state index contributed by atoms with van der Waals surface area (Å²) in [6.07, 6.45) is 0.551. The van der Waals surface area contributed by atoms with Gasteiger partial charge in [0.1, 0.15) is 29.9 Å². The number of rotatable bonds is 14. The van der Waals surface area contributed by atoms with E-state index in [0.29, 0.717) is 12.0 Å². The molecule has 3 amide bonds. The number of nitrogens with two attached hydrogens (primary N) is 1. The van der Waals surface area contributed by atoms with Gasteiger partial charge < -0.3 is 37.0 Å². The lowest BCUT2D eigenvalue weighted by Crippen LogP contribution is -2.59. The number of nitrogens with one attached hydrogen (secondary N) is 3. The second-order valence-corrected chi connectivity index (χ2v) is 9.18. The van der Waals surface area contributed by atoms with Crippen LogP contribution >= 0.6 is 0 Å². The number of carboxylic acid groups (broad SMARTS) is 1. The lowest BCUT2D eigenvalue weighted by Gasteiger charge is -2.28. The highest BCUT2D eigenvalue weighted by Gasteiger charge is 2.32. The van der Waals surface area contributed by atoms with Gasteiger partial charge in [0.15, 0.2) is 0 Å². The lowest BCUT2D eigenvalue weighted by atomic mass is 9.96. The molecule has 0 aliphatic heterocycles. The van der Waals surface area contributed by atoms with Crippen molar-refractivity contribution in [3.05, 3.63) is 65.7 Å². The van der Waals surface area contributed by atoms with Crippen LogP contribution < -0.4 is 21.7 Å². The van der Waals surface area contributed by atoms with Crippen LogP contribution in [0.4, 0.5) is 0 Å². The van der Waals surface area contributed by atoms with Crippen molar-refractivity contribution in [2.75, 3.05) is 6.61 Å². The lowest BCUT2D eigenvalue weighted by molar-refractivity contribution is -0.142. The van der Waals surface area contributed by atoms with Crippen LogP contribution in [0.15, 0.2) is 54.6 Å². The van der Waals surface area contributed by atoms with Gasteiger partial charge in [0.05, 0.1) is 6.61 Å². The van der Waals surface area contributed by atoms with Gasteiger partial charge in [-0.2, -0.15) is 0 Å². The minimum Gasteiger partial charge on any atom is -0.508 e. The van der Waals surface area contributed by atoms with Crippen LogP contribution in [0.2, 0.25) is 0 Å². The second-order valence-electron chi connectivity index (χ2n) is 9.18. The summed E-state index contributed by atoms with van der Waals surface area (Å²) in [5.74, 6) is -3.63. The SMILES string of the molecule is CCC(C)C(NC(=O)C(N)CO)C(=O)NC(Cc1ccccc1)C(=O)NC(Cc1ccc(O)cc1)C(=O)O. The van der Waals surface area contributed by atoms with Gasteiger partial charge >= 0.3 is 5.97 Å². The Bertz CT molecular complexity index is 1080. The van der Waals surface area contributed by atoms with Gasteiger partial charge in [0, 0.05) is 12.8 Å². The van der Waals surface area contributed by atoms with Gasteiger partial charge in [-0.15, -0.1) is 0 Å². The molecule has 0 heterocycles. The van der Waals surface area contributed by atoms with Crippen molar-refractivity contribution < 1.29 is 34.5 Å². The van der Waals surface area contributed by atoms with Crippen molar-refractivity contribution in [3.63, 3.8) is 0 Å². The molecule has 2 rings (SSSR count). The first-order valence-electron chi connectivity index (χ1n) is 12.4. The van der Waals surface area contributed by atoms with Crippen LogP contribution in [0.3, 0.4) is 0 Å². The molecule has 8 N–H and O–H groups in total. The third-order valence-corrected chi connectivity index (χ3v) is 6.23. The summed E-state index contributed by atoms with van der Waals surface area (Å²) in [4.78, 5) is 50.8. The molecule has 11 heteroatoms. The highest BCUT2D eigenvalue weighted by molar-refractivity contribution is 5.94. The van der Waals surface area contributed by atoms with Crippen molar-refractivity contribution in [1.29, 1.82) is 0 Å². The number of aliphatic carboxylic acids is 1. The van der Waals surface area contributed by atoms with Crippen molar-refractivity contribution >= 4 is 23.7 Å². The summed E-state index contributed by atoms with van der Waals surface area (Å²) < 4.78 is 0. The van der Waals surface area contributed by atoms with E-state index in [0.717, 1.165) is 5.56 Å². The van der Waals surface area contributed by atoms with E-state index in [2.05, 4.69) is 16.0 Å². The summed E-state index contributed by atoms with van der Waals surface area (Å²) in [5.41, 5.74) is 6.89. The number of carbonyl (C=O) groups excluding carboxylic acids is 3. The first kappa shape index (κ1) is 30.3. The molecule has 0 saturated heterocycles. The van der Waals surface area contributed by atoms with E-state index in [4.69, 9.17) is 5.73 Å². The van der Waals surface area contributed by atoms with Gasteiger partial charge in [-0.1, -0.05) is 62.7 Å². The molecule has 5 atom stereocenters. The van der Waals surface area contributed by atoms with Crippen molar-refractivity contribution in [2.24, 2.45) is 11.7 Å². The molecule has 0 saturated carbocycles. The van der Waals surface area contributed by atoms with Crippen LogP contribution in [0.1, 0.15) is 31.4 Å². The molecule has 0 aliphatic rings. The monoisotopic (exact) mass is 528 g/mol. The number of benzene rings is 2. The largest absolute Gasteiger partial charge is 0.508 e. The minimum atomic E-state index is -1.30. The summed E-state index contributed by atoms with van der Waals surface area (Å²) in [6.45, 7) is 2.98. The Balaban J connectivity index is 2.26. The normalized spacial score (nSPS) is 14.8. The average molecular weight is 529 g/mol. The summed E-state index contributed by atoms with van der Waals surface area (Å²) in [7, 11) is 0. The molecular weight excluding hydrogens is 492 g/mol. The maximum absolute atomic E-state index is 13.3. The van der Waals surface area contributed by atoms with E-state index >= 15 is 0 Å². The zero-order valence-corrected chi connectivity index (χ0v) is 21.5. The number of aliphatic hydroxyl groups excluding tert-OH is 1. The van der Waals surface area contributed by atoms with Gasteiger partial charge in [0.25, 0.3) is 0 Å². The zero-order chi connectivity index (χ0) is 28.2. The molecule has 0 aliphatic carbocycles. The molecule has 2 aromatic rings. The molecule has 206 valence electrons. The number of aliphatic hydroxyl groups is 1. The van der Waals surface area contributed by atoms with Crippen molar-refractivity contribution in [3.8, 4) is 5.75 Å². The second kappa shape index (κ2) is 14.7. The topological polar surface area (TPSA) is 191 Å². The number of phenols is 1. The van der Waals surface area contributed by atoms with E-state index < -0.39 is 54.5 Å². The fourth-order valence-electron chi connectivity index (χ4n) is 3.71. The first-order chi connectivity index (χ1) is 18.0. The highest BCUT2D eigenvalue weighted by Crippen LogP contribution is 2.13. The molecule has 5 unspecified atom stereocenters. The van der Waals surface area contributed by atoms with E-state index in [1.165, 1.54) is 12.1 Å². The van der Waals surface area contributed by atoms with Crippen LogP contribution in [0, 0.1) is 5.92 Å². The minimum absolute atomic E-state index is 0.0261. The number of carbonyl (C=O) groups is 4. The molecule has 0 fully saturated rings. The molecule has 2 aromatic carbocycles. The van der Waals surface area contributed by atoms with Crippen LogP contribution in [-0.4, -0.2) is 69.8 Å². The third-order valence-electron chi connectivity index (χ3n) is 6.23. The Morgan fingerprint density at radius 3 is 1.92 bits per heavy atom. The van der Waals surface area contributed by atoms with Crippen LogP contribution in [0.25, 0.3) is 0 Å². The maximum atomic E-state index is 13.3. The van der Waals surface area contributed by atoms with E-state index in [-0.39, 0.29) is 24.5 Å². The number of amides is 3. The van der Waals surface area contributed by atoms with E-state index in [9.17, 15) is 34.5 Å². The molecule has 38 heavy (non-hydrogen) atoms. The van der Waals surface area contributed by atoms with Crippen LogP contribution in [0.5, 0.6) is 5.75 Å².